The van der Waals surface area contributed by atoms with Gasteiger partial charge in [-0.25, -0.2) is 4.79 Å². The molecule has 1 amide bonds. The number of nitrogens with one attached hydrogen (secondary N) is 1. The van der Waals surface area contributed by atoms with Crippen molar-refractivity contribution in [1.29, 1.82) is 0 Å². The summed E-state index contributed by atoms with van der Waals surface area (Å²) in [4.78, 5) is 13.3. The van der Waals surface area contributed by atoms with E-state index in [0.29, 0.717) is 13.2 Å². The number of rotatable bonds is 5. The summed E-state index contributed by atoms with van der Waals surface area (Å²) >= 11 is 0. The highest BCUT2D eigenvalue weighted by molar-refractivity contribution is 5.85. The van der Waals surface area contributed by atoms with Gasteiger partial charge in [-0.05, 0) is 0 Å². The van der Waals surface area contributed by atoms with E-state index in [0.717, 1.165) is 0 Å². The van der Waals surface area contributed by atoms with Crippen LogP contribution in [-0.4, -0.2) is 47.4 Å². The minimum absolute atomic E-state index is 0. The first-order valence-corrected chi connectivity index (χ1v) is 3.39. The van der Waals surface area contributed by atoms with Crippen LogP contribution >= 0.6 is 12.4 Å². The van der Waals surface area contributed by atoms with Crippen molar-refractivity contribution >= 4 is 18.5 Å². The second kappa shape index (κ2) is 14.9. The van der Waals surface area contributed by atoms with Gasteiger partial charge in [-0.15, -0.1) is 12.4 Å². The van der Waals surface area contributed by atoms with Crippen molar-refractivity contribution in [3.63, 3.8) is 0 Å². The number of aliphatic hydroxyl groups excluding tert-OH is 2. The van der Waals surface area contributed by atoms with E-state index in [1.165, 1.54) is 0 Å². The summed E-state index contributed by atoms with van der Waals surface area (Å²) in [7, 11) is 0. The number of amides is 1. The Balaban J connectivity index is -0.000000209. The lowest BCUT2D eigenvalue weighted by atomic mass is 10.6. The predicted octanol–water partition coefficient (Wildman–Crippen LogP) is -2.18. The summed E-state index contributed by atoms with van der Waals surface area (Å²) in [6, 6.07) is 0. The third-order valence-corrected chi connectivity index (χ3v) is 0.612. The van der Waals surface area contributed by atoms with E-state index in [-0.39, 0.29) is 19.0 Å². The van der Waals surface area contributed by atoms with Gasteiger partial charge in [0.05, 0.1) is 13.2 Å². The number of hydrogen-bond acceptors (Lipinski definition) is 6. The molecule has 0 heterocycles. The molecule has 0 rings (SSSR count). The largest absolute Gasteiger partial charge is 0.465 e. The first-order chi connectivity index (χ1) is 6.04. The lowest BCUT2D eigenvalue weighted by Crippen LogP contribution is -2.33. The maximum atomic E-state index is 8.78. The van der Waals surface area contributed by atoms with Gasteiger partial charge < -0.3 is 26.8 Å². The minimum atomic E-state index is -1.33. The van der Waals surface area contributed by atoms with Gasteiger partial charge in [0.2, 0.25) is 0 Å². The van der Waals surface area contributed by atoms with Gasteiger partial charge in [0, 0.05) is 6.54 Å². The highest BCUT2D eigenvalue weighted by atomic mass is 35.5. The van der Waals surface area contributed by atoms with Crippen LogP contribution in [0.25, 0.3) is 0 Å². The molecule has 0 aliphatic heterocycles. The van der Waals surface area contributed by atoms with Crippen molar-refractivity contribution < 1.29 is 25.0 Å². The standard InChI is InChI=1S/C4H12N2O3.CH3NO2.ClH/c5-1-2-9-6-4(8)3-7;2-1(3)4;/h4,6-8H,1-3,5H2;2H2,(H,3,4);1H. The van der Waals surface area contributed by atoms with Gasteiger partial charge in [-0.2, -0.15) is 5.48 Å². The van der Waals surface area contributed by atoms with Gasteiger partial charge in [0.25, 0.3) is 0 Å². The van der Waals surface area contributed by atoms with Crippen LogP contribution in [0, 0.1) is 0 Å². The molecule has 1 atom stereocenters. The van der Waals surface area contributed by atoms with E-state index in [1.54, 1.807) is 0 Å². The Morgan fingerprint density at radius 1 is 1.57 bits per heavy atom. The Labute approximate surface area is 87.2 Å². The zero-order valence-corrected chi connectivity index (χ0v) is 8.24. The van der Waals surface area contributed by atoms with Crippen molar-refractivity contribution in [2.75, 3.05) is 19.8 Å². The summed E-state index contributed by atoms with van der Waals surface area (Å²) in [5.74, 6) is 0. The molecular weight excluding hydrogens is 218 g/mol. The first-order valence-electron chi connectivity index (χ1n) is 3.39. The van der Waals surface area contributed by atoms with Crippen LogP contribution < -0.4 is 16.9 Å². The Kier molecular flexibility index (Phi) is 20.2. The topological polar surface area (TPSA) is 151 Å². The summed E-state index contributed by atoms with van der Waals surface area (Å²) < 4.78 is 0. The number of hydroxylamine groups is 1. The Hall–Kier alpha value is -0.640. The van der Waals surface area contributed by atoms with Crippen molar-refractivity contribution in [2.24, 2.45) is 11.5 Å². The van der Waals surface area contributed by atoms with E-state index >= 15 is 0 Å². The Morgan fingerprint density at radius 3 is 2.29 bits per heavy atom. The molecule has 0 aromatic carbocycles. The number of aliphatic hydroxyl groups is 2. The van der Waals surface area contributed by atoms with E-state index in [9.17, 15) is 0 Å². The first kappa shape index (κ1) is 19.0. The second-order valence-corrected chi connectivity index (χ2v) is 1.79. The van der Waals surface area contributed by atoms with Crippen LogP contribution in [0.2, 0.25) is 0 Å². The maximum Gasteiger partial charge on any atom is 0.402 e. The van der Waals surface area contributed by atoms with Crippen LogP contribution in [0.1, 0.15) is 0 Å². The summed E-state index contributed by atoms with van der Waals surface area (Å²) in [6.45, 7) is 0.326. The van der Waals surface area contributed by atoms with E-state index in [2.05, 4.69) is 16.1 Å². The van der Waals surface area contributed by atoms with E-state index in [4.69, 9.17) is 25.8 Å². The molecule has 0 aliphatic carbocycles. The molecular formula is C5H16ClN3O5. The molecule has 9 heteroatoms. The number of primary amides is 1. The van der Waals surface area contributed by atoms with Crippen molar-refractivity contribution in [3.8, 4) is 0 Å². The molecule has 8 N–H and O–H groups in total. The van der Waals surface area contributed by atoms with Crippen LogP contribution in [0.15, 0.2) is 0 Å². The number of carboxylic acid groups (broad SMARTS) is 1. The minimum Gasteiger partial charge on any atom is -0.465 e. The molecule has 0 saturated heterocycles. The zero-order valence-electron chi connectivity index (χ0n) is 7.42. The maximum absolute atomic E-state index is 8.78. The van der Waals surface area contributed by atoms with Gasteiger partial charge in [-0.1, -0.05) is 0 Å². The Morgan fingerprint density at radius 2 is 2.00 bits per heavy atom. The fourth-order valence-electron chi connectivity index (χ4n) is 0.251. The van der Waals surface area contributed by atoms with E-state index < -0.39 is 12.3 Å². The Bertz CT molecular complexity index is 124. The van der Waals surface area contributed by atoms with Gasteiger partial charge in [-0.3, -0.25) is 4.84 Å². The van der Waals surface area contributed by atoms with Crippen molar-refractivity contribution in [1.82, 2.24) is 5.48 Å². The predicted molar refractivity (Wildman–Crippen MR) is 50.7 cm³/mol. The van der Waals surface area contributed by atoms with Crippen LogP contribution in [0.3, 0.4) is 0 Å². The number of halogens is 1. The summed E-state index contributed by atoms with van der Waals surface area (Å²) in [5, 5.41) is 24.0. The summed E-state index contributed by atoms with van der Waals surface area (Å²) in [5.41, 5.74) is 11.2. The van der Waals surface area contributed by atoms with Gasteiger partial charge in [0.15, 0.2) is 0 Å². The molecule has 0 aromatic rings. The van der Waals surface area contributed by atoms with Gasteiger partial charge in [0.1, 0.15) is 6.23 Å². The molecule has 0 saturated carbocycles. The van der Waals surface area contributed by atoms with Crippen LogP contribution in [-0.2, 0) is 4.84 Å². The fourth-order valence-corrected chi connectivity index (χ4v) is 0.251. The zero-order chi connectivity index (χ0) is 10.7. The number of nitrogens with two attached hydrogens (primary N) is 2. The van der Waals surface area contributed by atoms with Crippen LogP contribution in [0.4, 0.5) is 4.79 Å². The van der Waals surface area contributed by atoms with E-state index in [1.807, 2.05) is 0 Å². The molecule has 0 aromatic heterocycles. The lowest BCUT2D eigenvalue weighted by Gasteiger charge is -2.07. The molecule has 0 fully saturated rings. The number of hydrogen-bond donors (Lipinski definition) is 6. The average molecular weight is 234 g/mol. The van der Waals surface area contributed by atoms with Crippen molar-refractivity contribution in [2.45, 2.75) is 6.23 Å². The molecule has 14 heavy (non-hydrogen) atoms. The third kappa shape index (κ3) is 30.1. The average Bonchev–Trinajstić information content (AvgIpc) is 2.03. The molecule has 8 nitrogen and oxygen atoms in total. The highest BCUT2D eigenvalue weighted by Gasteiger charge is 1.97. The smallest absolute Gasteiger partial charge is 0.402 e. The molecule has 88 valence electrons. The normalized spacial score (nSPS) is 10.5. The third-order valence-electron chi connectivity index (χ3n) is 0.612. The second-order valence-electron chi connectivity index (χ2n) is 1.79. The molecule has 0 spiro atoms. The lowest BCUT2D eigenvalue weighted by molar-refractivity contribution is -0.0733. The molecule has 0 radical (unpaired) electrons. The molecule has 0 bridgehead atoms. The SMILES string of the molecule is Cl.NC(=O)O.NCCONC(O)CO. The summed E-state index contributed by atoms with van der Waals surface area (Å²) in [6.07, 6.45) is -2.35. The van der Waals surface area contributed by atoms with Crippen LogP contribution in [0.5, 0.6) is 0 Å². The monoisotopic (exact) mass is 233 g/mol. The quantitative estimate of drug-likeness (QED) is 0.179. The molecule has 0 aliphatic rings. The van der Waals surface area contributed by atoms with Gasteiger partial charge >= 0.3 is 6.09 Å². The molecule has 1 unspecified atom stereocenters. The number of carbonyl (C=O) groups is 1. The highest BCUT2D eigenvalue weighted by Crippen LogP contribution is 1.72. The fraction of sp³-hybridized carbons (Fsp3) is 0.800. The van der Waals surface area contributed by atoms with Crippen molar-refractivity contribution in [3.05, 3.63) is 0 Å².